The molecule has 0 radical (unpaired) electrons. The van der Waals surface area contributed by atoms with Gasteiger partial charge in [0.15, 0.2) is 0 Å². The number of hydrogen-bond acceptors (Lipinski definition) is 3. The number of amides is 2. The van der Waals surface area contributed by atoms with Crippen LogP contribution in [0.25, 0.3) is 0 Å². The molecule has 5 heteroatoms. The van der Waals surface area contributed by atoms with Gasteiger partial charge in [0, 0.05) is 30.8 Å². The molecule has 1 aromatic carbocycles. The van der Waals surface area contributed by atoms with E-state index in [-0.39, 0.29) is 23.3 Å². The van der Waals surface area contributed by atoms with Gasteiger partial charge in [-0.25, -0.2) is 0 Å². The Balaban J connectivity index is 1.58. The summed E-state index contributed by atoms with van der Waals surface area (Å²) in [5.74, 6) is 0.999. The zero-order chi connectivity index (χ0) is 17.3. The number of rotatable bonds is 7. The highest BCUT2D eigenvalue weighted by Gasteiger charge is 2.42. The second-order valence-corrected chi connectivity index (χ2v) is 7.36. The maximum absolute atomic E-state index is 12.4. The molecule has 1 aromatic rings. The van der Waals surface area contributed by atoms with Gasteiger partial charge in [-0.3, -0.25) is 9.59 Å². The van der Waals surface area contributed by atoms with Crippen LogP contribution in [0.5, 0.6) is 0 Å². The van der Waals surface area contributed by atoms with Gasteiger partial charge in [-0.15, -0.1) is 0 Å². The lowest BCUT2D eigenvalue weighted by Gasteiger charge is -2.28. The lowest BCUT2D eigenvalue weighted by atomic mass is 10.00. The van der Waals surface area contributed by atoms with Gasteiger partial charge in [0.2, 0.25) is 5.91 Å². The summed E-state index contributed by atoms with van der Waals surface area (Å²) in [5, 5.41) is 5.86. The smallest absolute Gasteiger partial charge is 0.251 e. The first-order valence-corrected chi connectivity index (χ1v) is 8.67. The number of anilines is 1. The second-order valence-electron chi connectivity index (χ2n) is 7.36. The number of carbonyl (C=O) groups is 2. The minimum Gasteiger partial charge on any atom is -0.376 e. The van der Waals surface area contributed by atoms with E-state index < -0.39 is 0 Å². The number of carbonyl (C=O) groups excluding carboxylic acids is 2. The number of nitrogens with one attached hydrogen (secondary N) is 2. The predicted octanol–water partition coefficient (Wildman–Crippen LogP) is 2.83. The summed E-state index contributed by atoms with van der Waals surface area (Å²) in [6.07, 6.45) is 3.26. The molecule has 2 aliphatic rings. The van der Waals surface area contributed by atoms with Crippen LogP contribution in [0, 0.1) is 17.8 Å². The van der Waals surface area contributed by atoms with Crippen molar-refractivity contribution in [2.75, 3.05) is 19.0 Å². The fourth-order valence-electron chi connectivity index (χ4n) is 3.10. The van der Waals surface area contributed by atoms with Crippen molar-refractivity contribution >= 4 is 17.5 Å². The summed E-state index contributed by atoms with van der Waals surface area (Å²) in [5.41, 5.74) is 0.915. The van der Waals surface area contributed by atoms with E-state index in [1.54, 1.807) is 25.3 Å². The van der Waals surface area contributed by atoms with Crippen molar-refractivity contribution in [3.8, 4) is 0 Å². The number of ether oxygens (including phenoxy) is 1. The van der Waals surface area contributed by atoms with Gasteiger partial charge in [-0.2, -0.15) is 0 Å². The standard InChI is InChI=1S/C19H26N2O3/c1-12-9-16(12)18(23)21-15-6-4-5-13(10-15)17(22)20-11-19(2,24-3)14-7-8-14/h4-6,10,12,14,16H,7-9,11H2,1-3H3,(H,20,22)(H,21,23)/t12-,16-,19-/m1/s1. The van der Waals surface area contributed by atoms with E-state index >= 15 is 0 Å². The van der Waals surface area contributed by atoms with Crippen LogP contribution in [-0.4, -0.2) is 31.1 Å². The Morgan fingerprint density at radius 2 is 2.04 bits per heavy atom. The van der Waals surface area contributed by atoms with Crippen LogP contribution < -0.4 is 10.6 Å². The average molecular weight is 330 g/mol. The minimum atomic E-state index is -0.302. The zero-order valence-corrected chi connectivity index (χ0v) is 14.6. The molecule has 0 bridgehead atoms. The van der Waals surface area contributed by atoms with Gasteiger partial charge in [0.05, 0.1) is 5.60 Å². The van der Waals surface area contributed by atoms with E-state index in [2.05, 4.69) is 17.6 Å². The molecule has 2 fully saturated rings. The summed E-state index contributed by atoms with van der Waals surface area (Å²) in [7, 11) is 1.69. The molecule has 2 N–H and O–H groups in total. The fourth-order valence-corrected chi connectivity index (χ4v) is 3.10. The number of hydrogen-bond donors (Lipinski definition) is 2. The quantitative estimate of drug-likeness (QED) is 0.808. The molecular weight excluding hydrogens is 304 g/mol. The van der Waals surface area contributed by atoms with Crippen molar-refractivity contribution in [3.05, 3.63) is 29.8 Å². The van der Waals surface area contributed by atoms with Crippen molar-refractivity contribution in [2.24, 2.45) is 17.8 Å². The van der Waals surface area contributed by atoms with Gasteiger partial charge in [-0.05, 0) is 56.2 Å². The summed E-state index contributed by atoms with van der Waals surface area (Å²) in [6.45, 7) is 4.60. The van der Waals surface area contributed by atoms with Crippen LogP contribution in [-0.2, 0) is 9.53 Å². The predicted molar refractivity (Wildman–Crippen MR) is 92.8 cm³/mol. The molecule has 3 rings (SSSR count). The second kappa shape index (κ2) is 6.55. The molecule has 24 heavy (non-hydrogen) atoms. The van der Waals surface area contributed by atoms with Gasteiger partial charge in [-0.1, -0.05) is 13.0 Å². The summed E-state index contributed by atoms with van der Waals surface area (Å²) in [6, 6.07) is 7.08. The molecule has 0 saturated heterocycles. The number of methoxy groups -OCH3 is 1. The first kappa shape index (κ1) is 17.0. The van der Waals surface area contributed by atoms with Crippen LogP contribution in [0.2, 0.25) is 0 Å². The molecule has 0 heterocycles. The highest BCUT2D eigenvalue weighted by molar-refractivity contribution is 5.98. The third-order valence-corrected chi connectivity index (χ3v) is 5.35. The van der Waals surface area contributed by atoms with Gasteiger partial charge >= 0.3 is 0 Å². The van der Waals surface area contributed by atoms with E-state index in [1.807, 2.05) is 13.0 Å². The summed E-state index contributed by atoms with van der Waals surface area (Å²) < 4.78 is 5.60. The van der Waals surface area contributed by atoms with E-state index in [0.717, 1.165) is 19.3 Å². The van der Waals surface area contributed by atoms with Crippen LogP contribution >= 0.6 is 0 Å². The molecule has 2 saturated carbocycles. The lowest BCUT2D eigenvalue weighted by Crippen LogP contribution is -2.43. The van der Waals surface area contributed by atoms with E-state index in [0.29, 0.717) is 29.6 Å². The Labute approximate surface area is 143 Å². The van der Waals surface area contributed by atoms with Gasteiger partial charge in [0.25, 0.3) is 5.91 Å². The Bertz CT molecular complexity index is 641. The van der Waals surface area contributed by atoms with E-state index in [1.165, 1.54) is 0 Å². The Morgan fingerprint density at radius 3 is 2.62 bits per heavy atom. The molecule has 0 spiro atoms. The van der Waals surface area contributed by atoms with Crippen LogP contribution in [0.15, 0.2) is 24.3 Å². The molecule has 0 unspecified atom stereocenters. The largest absolute Gasteiger partial charge is 0.376 e. The number of benzene rings is 1. The fraction of sp³-hybridized carbons (Fsp3) is 0.579. The Hall–Kier alpha value is -1.88. The monoisotopic (exact) mass is 330 g/mol. The lowest BCUT2D eigenvalue weighted by molar-refractivity contribution is -0.117. The van der Waals surface area contributed by atoms with Crippen LogP contribution in [0.4, 0.5) is 5.69 Å². The van der Waals surface area contributed by atoms with Crippen molar-refractivity contribution in [3.63, 3.8) is 0 Å². The van der Waals surface area contributed by atoms with E-state index in [9.17, 15) is 9.59 Å². The Kier molecular flexibility index (Phi) is 4.63. The third kappa shape index (κ3) is 3.78. The molecule has 0 aromatic heterocycles. The van der Waals surface area contributed by atoms with Crippen molar-refractivity contribution in [1.29, 1.82) is 0 Å². The summed E-state index contributed by atoms with van der Waals surface area (Å²) in [4.78, 5) is 24.4. The maximum atomic E-state index is 12.4. The molecular formula is C19H26N2O3. The van der Waals surface area contributed by atoms with Gasteiger partial charge < -0.3 is 15.4 Å². The van der Waals surface area contributed by atoms with Crippen LogP contribution in [0.3, 0.4) is 0 Å². The molecule has 2 amide bonds. The minimum absolute atomic E-state index is 0.0424. The SMILES string of the molecule is CO[C@](C)(CNC(=O)c1cccc(NC(=O)[C@@H]2C[C@H]2C)c1)C1CC1. The Morgan fingerprint density at radius 1 is 1.33 bits per heavy atom. The van der Waals surface area contributed by atoms with Crippen LogP contribution in [0.1, 0.15) is 43.5 Å². The topological polar surface area (TPSA) is 67.4 Å². The first-order valence-electron chi connectivity index (χ1n) is 8.67. The molecule has 3 atom stereocenters. The van der Waals surface area contributed by atoms with Crippen molar-refractivity contribution < 1.29 is 14.3 Å². The highest BCUT2D eigenvalue weighted by atomic mass is 16.5. The highest BCUT2D eigenvalue weighted by Crippen LogP contribution is 2.41. The molecule has 130 valence electrons. The molecule has 0 aliphatic heterocycles. The zero-order valence-electron chi connectivity index (χ0n) is 14.6. The molecule has 5 nitrogen and oxygen atoms in total. The average Bonchev–Trinajstić information content (AvgIpc) is 3.47. The van der Waals surface area contributed by atoms with Crippen molar-refractivity contribution in [2.45, 2.75) is 38.7 Å². The van der Waals surface area contributed by atoms with Gasteiger partial charge in [0.1, 0.15) is 0 Å². The third-order valence-electron chi connectivity index (χ3n) is 5.35. The molecule has 2 aliphatic carbocycles. The van der Waals surface area contributed by atoms with Crippen molar-refractivity contribution in [1.82, 2.24) is 5.32 Å². The maximum Gasteiger partial charge on any atom is 0.251 e. The summed E-state index contributed by atoms with van der Waals surface area (Å²) >= 11 is 0. The normalized spacial score (nSPS) is 24.8. The van der Waals surface area contributed by atoms with E-state index in [4.69, 9.17) is 4.74 Å². The first-order chi connectivity index (χ1) is 11.4.